The molecule has 0 fully saturated rings. The molecule has 0 bridgehead atoms. The molecule has 0 saturated heterocycles. The Bertz CT molecular complexity index is 982. The van der Waals surface area contributed by atoms with Crippen LogP contribution in [0.2, 0.25) is 0 Å². The van der Waals surface area contributed by atoms with Crippen molar-refractivity contribution >= 4 is 29.6 Å². The Hall–Kier alpha value is -3.66. The molecule has 0 atom stereocenters. The normalized spacial score (nSPS) is 10.7. The minimum absolute atomic E-state index is 0.0877. The fourth-order valence-corrected chi connectivity index (χ4v) is 2.80. The second-order valence-corrected chi connectivity index (χ2v) is 6.06. The number of aromatic nitrogens is 3. The van der Waals surface area contributed by atoms with Gasteiger partial charge in [0, 0.05) is 52.9 Å². The molecule has 1 aromatic carbocycles. The maximum absolute atomic E-state index is 12.0. The van der Waals surface area contributed by atoms with E-state index < -0.39 is 10.8 Å². The van der Waals surface area contributed by atoms with Gasteiger partial charge in [0.1, 0.15) is 0 Å². The minimum atomic E-state index is -0.500. The molecule has 27 heavy (non-hydrogen) atoms. The van der Waals surface area contributed by atoms with Crippen LogP contribution in [-0.4, -0.2) is 32.0 Å². The first-order valence-electron chi connectivity index (χ1n) is 7.60. The van der Waals surface area contributed by atoms with Gasteiger partial charge in [0.2, 0.25) is 0 Å². The molecule has 3 rings (SSSR count). The first-order valence-corrected chi connectivity index (χ1v) is 8.42. The summed E-state index contributed by atoms with van der Waals surface area (Å²) in [4.78, 5) is 35.3. The van der Waals surface area contributed by atoms with Gasteiger partial charge in [-0.15, -0.1) is 0 Å². The highest BCUT2D eigenvalue weighted by molar-refractivity contribution is 7.99. The van der Waals surface area contributed by atoms with E-state index in [2.05, 4.69) is 25.5 Å². The van der Waals surface area contributed by atoms with Crippen molar-refractivity contribution in [2.24, 2.45) is 5.10 Å². The summed E-state index contributed by atoms with van der Waals surface area (Å²) < 4.78 is 0. The fraction of sp³-hybridized carbons (Fsp3) is 0. The van der Waals surface area contributed by atoms with Gasteiger partial charge in [-0.25, -0.2) is 15.4 Å². The van der Waals surface area contributed by atoms with E-state index in [0.717, 1.165) is 0 Å². The van der Waals surface area contributed by atoms with Crippen molar-refractivity contribution in [3.8, 4) is 0 Å². The molecule has 0 unspecified atom stereocenters. The number of nitro groups is 1. The SMILES string of the molecule is O=C(N/N=C\c1cc([N+](=O)[O-])ccc1Sc1ncccn1)c1ccncc1. The lowest BCUT2D eigenvalue weighted by Gasteiger charge is -2.05. The van der Waals surface area contributed by atoms with E-state index in [1.54, 1.807) is 36.7 Å². The van der Waals surface area contributed by atoms with E-state index in [9.17, 15) is 14.9 Å². The predicted octanol–water partition coefficient (Wildman–Crippen LogP) is 2.69. The van der Waals surface area contributed by atoms with E-state index in [4.69, 9.17) is 0 Å². The Labute approximate surface area is 157 Å². The third-order valence-corrected chi connectivity index (χ3v) is 4.24. The molecule has 134 valence electrons. The van der Waals surface area contributed by atoms with Gasteiger partial charge in [0.05, 0.1) is 11.1 Å². The van der Waals surface area contributed by atoms with Crippen LogP contribution < -0.4 is 5.43 Å². The largest absolute Gasteiger partial charge is 0.271 e. The Balaban J connectivity index is 1.82. The number of benzene rings is 1. The van der Waals surface area contributed by atoms with Gasteiger partial charge in [-0.05, 0) is 36.0 Å². The molecule has 2 heterocycles. The number of carbonyl (C=O) groups is 1. The third kappa shape index (κ3) is 4.92. The first-order chi connectivity index (χ1) is 13.1. The van der Waals surface area contributed by atoms with Crippen LogP contribution in [0.25, 0.3) is 0 Å². The van der Waals surface area contributed by atoms with Gasteiger partial charge in [0.15, 0.2) is 5.16 Å². The molecule has 1 N–H and O–H groups in total. The minimum Gasteiger partial charge on any atom is -0.267 e. The number of hydrazone groups is 1. The summed E-state index contributed by atoms with van der Waals surface area (Å²) in [5, 5.41) is 15.4. The van der Waals surface area contributed by atoms with Crippen LogP contribution in [0.4, 0.5) is 5.69 Å². The van der Waals surface area contributed by atoms with Crippen molar-refractivity contribution in [2.45, 2.75) is 10.1 Å². The summed E-state index contributed by atoms with van der Waals surface area (Å²) in [7, 11) is 0. The number of amides is 1. The summed E-state index contributed by atoms with van der Waals surface area (Å²) in [6.45, 7) is 0. The maximum Gasteiger partial charge on any atom is 0.271 e. The highest BCUT2D eigenvalue weighted by Gasteiger charge is 2.12. The second kappa shape index (κ2) is 8.63. The van der Waals surface area contributed by atoms with Crippen molar-refractivity contribution in [1.29, 1.82) is 0 Å². The molecule has 0 aliphatic carbocycles. The van der Waals surface area contributed by atoms with Crippen LogP contribution in [-0.2, 0) is 0 Å². The van der Waals surface area contributed by atoms with E-state index in [0.29, 0.717) is 21.2 Å². The zero-order valence-electron chi connectivity index (χ0n) is 13.7. The van der Waals surface area contributed by atoms with Crippen molar-refractivity contribution < 1.29 is 9.72 Å². The van der Waals surface area contributed by atoms with Gasteiger partial charge in [-0.2, -0.15) is 5.10 Å². The van der Waals surface area contributed by atoms with Crippen molar-refractivity contribution in [2.75, 3.05) is 0 Å². The Morgan fingerprint density at radius 3 is 2.59 bits per heavy atom. The average molecular weight is 380 g/mol. The highest BCUT2D eigenvalue weighted by Crippen LogP contribution is 2.29. The van der Waals surface area contributed by atoms with Gasteiger partial charge < -0.3 is 0 Å². The van der Waals surface area contributed by atoms with Crippen LogP contribution in [0, 0.1) is 10.1 Å². The Kier molecular flexibility index (Phi) is 5.80. The summed E-state index contributed by atoms with van der Waals surface area (Å²) >= 11 is 1.23. The summed E-state index contributed by atoms with van der Waals surface area (Å²) in [5.41, 5.74) is 3.14. The average Bonchev–Trinajstić information content (AvgIpc) is 2.70. The number of carbonyl (C=O) groups excluding carboxylic acids is 1. The fourth-order valence-electron chi connectivity index (χ4n) is 2.01. The quantitative estimate of drug-likeness (QED) is 0.302. The number of nitro benzene ring substituents is 1. The van der Waals surface area contributed by atoms with Crippen LogP contribution in [0.15, 0.2) is 76.3 Å². The Morgan fingerprint density at radius 1 is 1.15 bits per heavy atom. The highest BCUT2D eigenvalue weighted by atomic mass is 32.2. The number of hydrogen-bond donors (Lipinski definition) is 1. The maximum atomic E-state index is 12.0. The van der Waals surface area contributed by atoms with Crippen LogP contribution >= 0.6 is 11.8 Å². The number of nitrogens with one attached hydrogen (secondary N) is 1. The molecule has 0 saturated carbocycles. The van der Waals surface area contributed by atoms with E-state index in [-0.39, 0.29) is 5.69 Å². The van der Waals surface area contributed by atoms with Crippen molar-refractivity contribution in [3.63, 3.8) is 0 Å². The van der Waals surface area contributed by atoms with E-state index >= 15 is 0 Å². The molecule has 0 radical (unpaired) electrons. The molecule has 1 amide bonds. The van der Waals surface area contributed by atoms with Crippen LogP contribution in [0.3, 0.4) is 0 Å². The molecule has 9 nitrogen and oxygen atoms in total. The van der Waals surface area contributed by atoms with E-state index in [1.165, 1.54) is 42.5 Å². The van der Waals surface area contributed by atoms with Gasteiger partial charge in [-0.3, -0.25) is 19.9 Å². The molecule has 0 aliphatic rings. The lowest BCUT2D eigenvalue weighted by Crippen LogP contribution is -2.17. The van der Waals surface area contributed by atoms with Gasteiger partial charge >= 0.3 is 0 Å². The van der Waals surface area contributed by atoms with E-state index in [1.807, 2.05) is 0 Å². The zero-order chi connectivity index (χ0) is 19.1. The third-order valence-electron chi connectivity index (χ3n) is 3.26. The predicted molar refractivity (Wildman–Crippen MR) is 98.5 cm³/mol. The van der Waals surface area contributed by atoms with Gasteiger partial charge in [0.25, 0.3) is 11.6 Å². The molecule has 10 heteroatoms. The molecule has 3 aromatic rings. The number of pyridine rings is 1. The van der Waals surface area contributed by atoms with Crippen LogP contribution in [0.5, 0.6) is 0 Å². The van der Waals surface area contributed by atoms with Gasteiger partial charge in [-0.1, -0.05) is 0 Å². The topological polar surface area (TPSA) is 123 Å². The molecular formula is C17H12N6O3S. The summed E-state index contributed by atoms with van der Waals surface area (Å²) in [5.74, 6) is -0.417. The Morgan fingerprint density at radius 2 is 1.89 bits per heavy atom. The number of hydrogen-bond acceptors (Lipinski definition) is 8. The summed E-state index contributed by atoms with van der Waals surface area (Å²) in [6.07, 6.45) is 7.53. The monoisotopic (exact) mass is 380 g/mol. The lowest BCUT2D eigenvalue weighted by molar-refractivity contribution is -0.384. The molecule has 0 aliphatic heterocycles. The van der Waals surface area contributed by atoms with Crippen molar-refractivity contribution in [3.05, 3.63) is 82.4 Å². The molecule has 2 aromatic heterocycles. The number of non-ortho nitro benzene ring substituents is 1. The second-order valence-electron chi connectivity index (χ2n) is 5.05. The molecular weight excluding hydrogens is 368 g/mol. The number of rotatable bonds is 6. The number of nitrogens with zero attached hydrogens (tertiary/aromatic N) is 5. The summed E-state index contributed by atoms with van der Waals surface area (Å²) in [6, 6.07) is 9.13. The van der Waals surface area contributed by atoms with Crippen LogP contribution in [0.1, 0.15) is 15.9 Å². The smallest absolute Gasteiger partial charge is 0.267 e. The molecule has 0 spiro atoms. The zero-order valence-corrected chi connectivity index (χ0v) is 14.5. The lowest BCUT2D eigenvalue weighted by atomic mass is 10.2. The van der Waals surface area contributed by atoms with Crippen molar-refractivity contribution in [1.82, 2.24) is 20.4 Å². The standard InChI is InChI=1S/C17H12N6O3S/c24-16(12-4-8-18-9-5-12)22-21-11-13-10-14(23(25)26)2-3-15(13)27-17-19-6-1-7-20-17/h1-11H,(H,22,24)/b21-11-. The first kappa shape index (κ1) is 18.1.